The van der Waals surface area contributed by atoms with Gasteiger partial charge in [-0.1, -0.05) is 23.2 Å². The van der Waals surface area contributed by atoms with Crippen molar-refractivity contribution in [3.63, 3.8) is 0 Å². The third kappa shape index (κ3) is 4.91. The van der Waals surface area contributed by atoms with E-state index in [1.807, 2.05) is 0 Å². The largest absolute Gasteiger partial charge is 0.491 e. The summed E-state index contributed by atoms with van der Waals surface area (Å²) < 4.78 is 49.0. The molecule has 1 aromatic carbocycles. The van der Waals surface area contributed by atoms with Crippen molar-refractivity contribution < 1.29 is 27.4 Å². The first-order valence-corrected chi connectivity index (χ1v) is 10.7. The lowest BCUT2D eigenvalue weighted by molar-refractivity contribution is -0.138. The average molecular weight is 491 g/mol. The molecule has 0 atom stereocenters. The van der Waals surface area contributed by atoms with E-state index in [4.69, 9.17) is 32.7 Å². The van der Waals surface area contributed by atoms with Gasteiger partial charge in [0.1, 0.15) is 0 Å². The number of alkyl halides is 3. The van der Waals surface area contributed by atoms with Gasteiger partial charge < -0.3 is 14.4 Å². The molecule has 0 N–H and O–H groups in total. The monoisotopic (exact) mass is 490 g/mol. The summed E-state index contributed by atoms with van der Waals surface area (Å²) in [5.41, 5.74) is 1.81. The Morgan fingerprint density at radius 2 is 1.78 bits per heavy atom. The molecule has 1 amide bonds. The predicted octanol–water partition coefficient (Wildman–Crippen LogP) is 5.64. The fourth-order valence-electron chi connectivity index (χ4n) is 3.84. The maximum Gasteiger partial charge on any atom is 0.417 e. The lowest BCUT2D eigenvalue weighted by Crippen LogP contribution is -2.36. The summed E-state index contributed by atoms with van der Waals surface area (Å²) in [6.07, 6.45) is -1.93. The minimum Gasteiger partial charge on any atom is -0.491 e. The Kier molecular flexibility index (Phi) is 7.45. The Balaban J connectivity index is 1.66. The lowest BCUT2D eigenvalue weighted by Gasteiger charge is -2.31. The third-order valence-corrected chi connectivity index (χ3v) is 6.36. The molecule has 2 heterocycles. The number of nitrogens with zero attached hydrogens (tertiary/aromatic N) is 2. The molecule has 0 radical (unpaired) electrons. The molecule has 1 aliphatic rings. The molecule has 0 fully saturated rings. The fourth-order valence-corrected chi connectivity index (χ4v) is 4.55. The molecule has 10 heteroatoms. The quantitative estimate of drug-likeness (QED) is 0.525. The molecule has 1 aromatic heterocycles. The number of carbonyl (C=O) groups excluding carboxylic acids is 1. The Hall–Kier alpha value is -2.19. The van der Waals surface area contributed by atoms with Crippen LogP contribution in [0.2, 0.25) is 10.0 Å². The summed E-state index contributed by atoms with van der Waals surface area (Å²) in [5.74, 6) is 0.635. The molecule has 0 saturated carbocycles. The maximum atomic E-state index is 12.8. The second kappa shape index (κ2) is 9.75. The van der Waals surface area contributed by atoms with Crippen LogP contribution in [0.3, 0.4) is 0 Å². The number of aryl methyl sites for hydroxylation is 2. The number of rotatable bonds is 6. The van der Waals surface area contributed by atoms with E-state index in [1.54, 1.807) is 11.8 Å². The predicted molar refractivity (Wildman–Crippen MR) is 116 cm³/mol. The first kappa shape index (κ1) is 24.5. The highest BCUT2D eigenvalue weighted by Gasteiger charge is 2.32. The van der Waals surface area contributed by atoms with Gasteiger partial charge >= 0.3 is 6.18 Å². The molecule has 0 unspecified atom stereocenters. The van der Waals surface area contributed by atoms with Gasteiger partial charge in [-0.25, -0.2) is 0 Å². The minimum atomic E-state index is -4.42. The lowest BCUT2D eigenvalue weighted by atomic mass is 9.97. The van der Waals surface area contributed by atoms with Crippen molar-refractivity contribution in [3.05, 3.63) is 50.3 Å². The highest BCUT2D eigenvalue weighted by Crippen LogP contribution is 2.47. The van der Waals surface area contributed by atoms with Gasteiger partial charge in [0, 0.05) is 31.4 Å². The minimum absolute atomic E-state index is 0.0674. The smallest absolute Gasteiger partial charge is 0.417 e. The number of halogens is 5. The standard InChI is InChI=1S/C22H23Cl2F3N2O3/c1-12-9-13(22(25,26)27)10-28-16(12)5-4-6-17(30)29-8-7-14-15(11-29)19(24)21(32-3)20(31-2)18(14)23/h9-10H,4-8,11H2,1-3H3. The number of benzene rings is 1. The van der Waals surface area contributed by atoms with E-state index in [-0.39, 0.29) is 12.3 Å². The van der Waals surface area contributed by atoms with Crippen LogP contribution in [-0.4, -0.2) is 36.6 Å². The summed E-state index contributed by atoms with van der Waals surface area (Å²) in [4.78, 5) is 18.4. The second-order valence-electron chi connectivity index (χ2n) is 7.56. The van der Waals surface area contributed by atoms with Crippen LogP contribution in [0.15, 0.2) is 12.3 Å². The van der Waals surface area contributed by atoms with E-state index < -0.39 is 11.7 Å². The molecule has 32 heavy (non-hydrogen) atoms. The van der Waals surface area contributed by atoms with Gasteiger partial charge in [0.2, 0.25) is 5.91 Å². The van der Waals surface area contributed by atoms with E-state index in [2.05, 4.69) is 4.98 Å². The van der Waals surface area contributed by atoms with Crippen LogP contribution >= 0.6 is 23.2 Å². The molecule has 5 nitrogen and oxygen atoms in total. The number of amides is 1. The van der Waals surface area contributed by atoms with Gasteiger partial charge in [0.25, 0.3) is 0 Å². The Morgan fingerprint density at radius 3 is 2.34 bits per heavy atom. The van der Waals surface area contributed by atoms with Crippen LogP contribution in [-0.2, 0) is 30.4 Å². The first-order valence-electron chi connectivity index (χ1n) is 9.99. The molecule has 2 aromatic rings. The second-order valence-corrected chi connectivity index (χ2v) is 8.31. The number of ether oxygens (including phenoxy) is 2. The van der Waals surface area contributed by atoms with Gasteiger partial charge in [-0.2, -0.15) is 13.2 Å². The van der Waals surface area contributed by atoms with E-state index >= 15 is 0 Å². The summed E-state index contributed by atoms with van der Waals surface area (Å²) in [5, 5.41) is 0.797. The van der Waals surface area contributed by atoms with Crippen molar-refractivity contribution in [2.24, 2.45) is 0 Å². The SMILES string of the molecule is COc1c(Cl)c2c(c(Cl)c1OC)CN(C(=O)CCCc1ncc(C(F)(F)F)cc1C)CC2. The van der Waals surface area contributed by atoms with Crippen molar-refractivity contribution in [3.8, 4) is 11.5 Å². The van der Waals surface area contributed by atoms with Crippen molar-refractivity contribution in [2.45, 2.75) is 45.3 Å². The Bertz CT molecular complexity index is 1030. The third-order valence-electron chi connectivity index (χ3n) is 5.56. The number of hydrogen-bond donors (Lipinski definition) is 0. The molecule has 0 aliphatic carbocycles. The average Bonchev–Trinajstić information content (AvgIpc) is 2.75. The van der Waals surface area contributed by atoms with Crippen molar-refractivity contribution in [1.29, 1.82) is 0 Å². The molecule has 0 spiro atoms. The van der Waals surface area contributed by atoms with Gasteiger partial charge in [0.15, 0.2) is 11.5 Å². The van der Waals surface area contributed by atoms with Crippen LogP contribution in [0.4, 0.5) is 13.2 Å². The van der Waals surface area contributed by atoms with E-state index in [1.165, 1.54) is 14.2 Å². The summed E-state index contributed by atoms with van der Waals surface area (Å²) >= 11 is 13.0. The summed E-state index contributed by atoms with van der Waals surface area (Å²) in [6.45, 7) is 2.37. The highest BCUT2D eigenvalue weighted by molar-refractivity contribution is 6.37. The van der Waals surface area contributed by atoms with Crippen LogP contribution in [0.1, 0.15) is 40.8 Å². The van der Waals surface area contributed by atoms with Crippen molar-refractivity contribution in [1.82, 2.24) is 9.88 Å². The highest BCUT2D eigenvalue weighted by atomic mass is 35.5. The normalized spacial score (nSPS) is 13.7. The zero-order valence-corrected chi connectivity index (χ0v) is 19.4. The van der Waals surface area contributed by atoms with Gasteiger partial charge in [-0.15, -0.1) is 0 Å². The summed E-state index contributed by atoms with van der Waals surface area (Å²) in [6, 6.07) is 1.08. The number of aromatic nitrogens is 1. The van der Waals surface area contributed by atoms with Gasteiger partial charge in [-0.05, 0) is 48.9 Å². The molecule has 3 rings (SSSR count). The van der Waals surface area contributed by atoms with Crippen molar-refractivity contribution in [2.75, 3.05) is 20.8 Å². The van der Waals surface area contributed by atoms with Crippen LogP contribution in [0, 0.1) is 6.92 Å². The molecule has 0 bridgehead atoms. The van der Waals surface area contributed by atoms with E-state index in [0.717, 1.165) is 23.4 Å². The van der Waals surface area contributed by atoms with Gasteiger partial charge in [0.05, 0.1) is 29.8 Å². The Labute approximate surface area is 194 Å². The fraction of sp³-hybridized carbons (Fsp3) is 0.455. The summed E-state index contributed by atoms with van der Waals surface area (Å²) in [7, 11) is 2.95. The number of fused-ring (bicyclic) bond motifs is 1. The van der Waals surface area contributed by atoms with Crippen LogP contribution < -0.4 is 9.47 Å². The zero-order chi connectivity index (χ0) is 23.6. The number of hydrogen-bond acceptors (Lipinski definition) is 4. The number of pyridine rings is 1. The first-order chi connectivity index (χ1) is 15.1. The van der Waals surface area contributed by atoms with Gasteiger partial charge in [-0.3, -0.25) is 9.78 Å². The molecule has 1 aliphatic heterocycles. The number of carbonyl (C=O) groups is 1. The zero-order valence-electron chi connectivity index (χ0n) is 17.9. The Morgan fingerprint density at radius 1 is 1.16 bits per heavy atom. The molecular formula is C22H23Cl2F3N2O3. The van der Waals surface area contributed by atoms with Crippen LogP contribution in [0.5, 0.6) is 11.5 Å². The van der Waals surface area contributed by atoms with Crippen LogP contribution in [0.25, 0.3) is 0 Å². The molecule has 0 saturated heterocycles. The van der Waals surface area contributed by atoms with E-state index in [0.29, 0.717) is 65.2 Å². The number of methoxy groups -OCH3 is 2. The topological polar surface area (TPSA) is 51.7 Å². The van der Waals surface area contributed by atoms with Crippen molar-refractivity contribution >= 4 is 29.1 Å². The molecular weight excluding hydrogens is 468 g/mol. The molecule has 174 valence electrons. The maximum absolute atomic E-state index is 12.8. The van der Waals surface area contributed by atoms with E-state index in [9.17, 15) is 18.0 Å².